The number of aromatic nitrogens is 4. The summed E-state index contributed by atoms with van der Waals surface area (Å²) in [5.41, 5.74) is 1.59. The normalized spacial score (nSPS) is 11.3. The van der Waals surface area contributed by atoms with Crippen LogP contribution in [0.15, 0.2) is 48.9 Å². The second-order valence-corrected chi connectivity index (χ2v) is 8.00. The molecule has 2 aromatic heterocycles. The average molecular weight is 373 g/mol. The van der Waals surface area contributed by atoms with Gasteiger partial charge in [0.25, 0.3) is 0 Å². The van der Waals surface area contributed by atoms with Crippen LogP contribution in [0.5, 0.6) is 5.75 Å². The number of anilines is 2. The van der Waals surface area contributed by atoms with Crippen molar-refractivity contribution in [2.45, 2.75) is 6.54 Å². The molecule has 0 saturated carbocycles. The Hall–Kier alpha value is -2.94. The lowest BCUT2D eigenvalue weighted by atomic mass is 10.2. The predicted molar refractivity (Wildman–Crippen MR) is 99.2 cm³/mol. The SMILES string of the molecule is COc1ccc(-c2nccc(Nc3cnn(CCS(C)(=O)=O)c3)n2)cc1. The predicted octanol–water partition coefficient (Wildman–Crippen LogP) is 2.14. The molecule has 0 bridgehead atoms. The minimum Gasteiger partial charge on any atom is -0.497 e. The van der Waals surface area contributed by atoms with Crippen LogP contribution in [0, 0.1) is 0 Å². The molecule has 3 rings (SSSR count). The van der Waals surface area contributed by atoms with E-state index in [1.807, 2.05) is 24.3 Å². The monoisotopic (exact) mass is 373 g/mol. The first-order chi connectivity index (χ1) is 12.4. The molecule has 0 aliphatic heterocycles. The van der Waals surface area contributed by atoms with E-state index in [9.17, 15) is 8.42 Å². The maximum absolute atomic E-state index is 11.2. The highest BCUT2D eigenvalue weighted by atomic mass is 32.2. The largest absolute Gasteiger partial charge is 0.497 e. The van der Waals surface area contributed by atoms with E-state index in [0.717, 1.165) is 17.0 Å². The molecule has 0 fully saturated rings. The zero-order chi connectivity index (χ0) is 18.6. The topological polar surface area (TPSA) is 99.0 Å². The quantitative estimate of drug-likeness (QED) is 0.677. The number of ether oxygens (including phenoxy) is 1. The summed E-state index contributed by atoms with van der Waals surface area (Å²) in [7, 11) is -1.41. The van der Waals surface area contributed by atoms with Gasteiger partial charge in [0.15, 0.2) is 5.82 Å². The smallest absolute Gasteiger partial charge is 0.161 e. The molecular formula is C17H19N5O3S. The third-order valence-corrected chi connectivity index (χ3v) is 4.52. The number of nitrogens with zero attached hydrogens (tertiary/aromatic N) is 4. The van der Waals surface area contributed by atoms with Crippen LogP contribution >= 0.6 is 0 Å². The number of sulfone groups is 1. The summed E-state index contributed by atoms with van der Waals surface area (Å²) < 4.78 is 29.2. The van der Waals surface area contributed by atoms with Gasteiger partial charge in [0, 0.05) is 24.2 Å². The van der Waals surface area contributed by atoms with Gasteiger partial charge < -0.3 is 10.1 Å². The van der Waals surface area contributed by atoms with Crippen molar-refractivity contribution >= 4 is 21.3 Å². The zero-order valence-electron chi connectivity index (χ0n) is 14.5. The molecule has 136 valence electrons. The van der Waals surface area contributed by atoms with Gasteiger partial charge in [0.2, 0.25) is 0 Å². The highest BCUT2D eigenvalue weighted by molar-refractivity contribution is 7.90. The summed E-state index contributed by atoms with van der Waals surface area (Å²) in [4.78, 5) is 8.78. The fourth-order valence-electron chi connectivity index (χ4n) is 2.27. The summed E-state index contributed by atoms with van der Waals surface area (Å²) in [6.07, 6.45) is 6.23. The molecule has 0 atom stereocenters. The number of hydrogen-bond donors (Lipinski definition) is 1. The molecule has 0 spiro atoms. The molecule has 1 aromatic carbocycles. The summed E-state index contributed by atoms with van der Waals surface area (Å²) in [5.74, 6) is 2.02. The van der Waals surface area contributed by atoms with Crippen LogP contribution in [-0.2, 0) is 16.4 Å². The van der Waals surface area contributed by atoms with E-state index >= 15 is 0 Å². The Balaban J connectivity index is 1.71. The van der Waals surface area contributed by atoms with Crippen LogP contribution in [0.25, 0.3) is 11.4 Å². The number of aryl methyl sites for hydroxylation is 1. The van der Waals surface area contributed by atoms with Gasteiger partial charge in [0.1, 0.15) is 21.4 Å². The van der Waals surface area contributed by atoms with Gasteiger partial charge in [-0.1, -0.05) is 0 Å². The van der Waals surface area contributed by atoms with Crippen molar-refractivity contribution in [3.63, 3.8) is 0 Å². The van der Waals surface area contributed by atoms with E-state index in [-0.39, 0.29) is 5.75 Å². The summed E-state index contributed by atoms with van der Waals surface area (Å²) in [6, 6.07) is 9.23. The number of methoxy groups -OCH3 is 1. The van der Waals surface area contributed by atoms with Crippen LogP contribution < -0.4 is 10.1 Å². The highest BCUT2D eigenvalue weighted by Crippen LogP contribution is 2.21. The number of nitrogens with one attached hydrogen (secondary N) is 1. The molecule has 2 heterocycles. The fraction of sp³-hybridized carbons (Fsp3) is 0.235. The zero-order valence-corrected chi connectivity index (χ0v) is 15.3. The standard InChI is InChI=1S/C17H19N5O3S/c1-25-15-5-3-13(4-6-15)17-18-8-7-16(21-17)20-14-11-19-22(12-14)9-10-26(2,23)24/h3-8,11-12H,9-10H2,1-2H3,(H,18,20,21). The molecule has 3 aromatic rings. The van der Waals surface area contributed by atoms with Gasteiger partial charge in [-0.05, 0) is 30.3 Å². The van der Waals surface area contributed by atoms with Gasteiger partial charge in [-0.2, -0.15) is 5.10 Å². The maximum atomic E-state index is 11.2. The van der Waals surface area contributed by atoms with Gasteiger partial charge in [-0.25, -0.2) is 18.4 Å². The number of benzene rings is 1. The summed E-state index contributed by atoms with van der Waals surface area (Å²) in [6.45, 7) is 0.307. The Labute approximate surface area is 151 Å². The summed E-state index contributed by atoms with van der Waals surface area (Å²) in [5, 5.41) is 7.29. The van der Waals surface area contributed by atoms with Crippen molar-refractivity contribution in [3.05, 3.63) is 48.9 Å². The minimum atomic E-state index is -3.02. The number of hydrogen-bond acceptors (Lipinski definition) is 7. The van der Waals surface area contributed by atoms with Gasteiger partial charge in [-0.3, -0.25) is 4.68 Å². The first kappa shape index (κ1) is 17.9. The first-order valence-corrected chi connectivity index (χ1v) is 9.94. The first-order valence-electron chi connectivity index (χ1n) is 7.87. The Morgan fingerprint density at radius 3 is 2.65 bits per heavy atom. The second kappa shape index (κ2) is 7.52. The molecule has 0 saturated heterocycles. The highest BCUT2D eigenvalue weighted by Gasteiger charge is 2.07. The van der Waals surface area contributed by atoms with Crippen LogP contribution in [0.4, 0.5) is 11.5 Å². The van der Waals surface area contributed by atoms with Crippen molar-refractivity contribution in [3.8, 4) is 17.1 Å². The molecule has 1 N–H and O–H groups in total. The molecule has 0 aliphatic carbocycles. The van der Waals surface area contributed by atoms with Crippen molar-refractivity contribution < 1.29 is 13.2 Å². The third-order valence-electron chi connectivity index (χ3n) is 3.60. The Morgan fingerprint density at radius 1 is 1.19 bits per heavy atom. The van der Waals surface area contributed by atoms with Gasteiger partial charge in [-0.15, -0.1) is 0 Å². The fourth-order valence-corrected chi connectivity index (χ4v) is 2.78. The average Bonchev–Trinajstić information content (AvgIpc) is 3.07. The van der Waals surface area contributed by atoms with Crippen molar-refractivity contribution in [2.24, 2.45) is 0 Å². The molecule has 9 heteroatoms. The van der Waals surface area contributed by atoms with E-state index in [0.29, 0.717) is 18.2 Å². The lowest BCUT2D eigenvalue weighted by molar-refractivity contribution is 0.415. The molecule has 0 unspecified atom stereocenters. The molecule has 0 radical (unpaired) electrons. The maximum Gasteiger partial charge on any atom is 0.161 e. The van der Waals surface area contributed by atoms with Gasteiger partial charge >= 0.3 is 0 Å². The molecule has 8 nitrogen and oxygen atoms in total. The van der Waals surface area contributed by atoms with Crippen molar-refractivity contribution in [2.75, 3.05) is 24.4 Å². The Morgan fingerprint density at radius 2 is 1.96 bits per heavy atom. The van der Waals surface area contributed by atoms with Gasteiger partial charge in [0.05, 0.1) is 31.3 Å². The van der Waals surface area contributed by atoms with Crippen LogP contribution in [-0.4, -0.2) is 47.3 Å². The molecule has 26 heavy (non-hydrogen) atoms. The Bertz CT molecular complexity index is 984. The van der Waals surface area contributed by atoms with E-state index in [4.69, 9.17) is 4.74 Å². The number of rotatable bonds is 7. The van der Waals surface area contributed by atoms with Crippen LogP contribution in [0.2, 0.25) is 0 Å². The van der Waals surface area contributed by atoms with Crippen molar-refractivity contribution in [1.29, 1.82) is 0 Å². The second-order valence-electron chi connectivity index (χ2n) is 5.74. The summed E-state index contributed by atoms with van der Waals surface area (Å²) >= 11 is 0. The molecule has 0 aliphatic rings. The van der Waals surface area contributed by atoms with E-state index in [1.165, 1.54) is 6.26 Å². The third kappa shape index (κ3) is 4.79. The minimum absolute atomic E-state index is 0.0449. The Kier molecular flexibility index (Phi) is 5.17. The van der Waals surface area contributed by atoms with E-state index in [2.05, 4.69) is 20.4 Å². The molecular weight excluding hydrogens is 354 g/mol. The molecule has 0 amide bonds. The van der Waals surface area contributed by atoms with E-state index < -0.39 is 9.84 Å². The van der Waals surface area contributed by atoms with Crippen molar-refractivity contribution in [1.82, 2.24) is 19.7 Å². The van der Waals surface area contributed by atoms with E-state index in [1.54, 1.807) is 36.4 Å². The van der Waals surface area contributed by atoms with Crippen LogP contribution in [0.1, 0.15) is 0 Å². The van der Waals surface area contributed by atoms with Crippen LogP contribution in [0.3, 0.4) is 0 Å². The lowest BCUT2D eigenvalue weighted by Crippen LogP contribution is -2.11. The lowest BCUT2D eigenvalue weighted by Gasteiger charge is -2.06.